The third kappa shape index (κ3) is 2.72. The molecule has 2 nitrogen and oxygen atoms in total. The first-order valence-electron chi connectivity index (χ1n) is 5.90. The number of rotatable bonds is 3. The van der Waals surface area contributed by atoms with E-state index in [0.717, 1.165) is 22.6 Å². The normalized spacial score (nSPS) is 10.8. The minimum Gasteiger partial charge on any atom is -0.241 e. The molecule has 0 bridgehead atoms. The Balaban J connectivity index is 2.56. The highest BCUT2D eigenvalue weighted by molar-refractivity contribution is 5.73. The smallest absolute Gasteiger partial charge is 0.125 e. The SMILES string of the molecule is C=CC=Cc1nc(C)ncc1-c1cccc(C)c1. The predicted molar refractivity (Wildman–Crippen MR) is 76.2 cm³/mol. The minimum absolute atomic E-state index is 0.773. The second kappa shape index (κ2) is 5.41. The van der Waals surface area contributed by atoms with Gasteiger partial charge in [-0.3, -0.25) is 0 Å². The molecule has 0 atom stereocenters. The molecule has 0 saturated heterocycles. The minimum atomic E-state index is 0.773. The summed E-state index contributed by atoms with van der Waals surface area (Å²) in [6.45, 7) is 7.66. The van der Waals surface area contributed by atoms with Crippen molar-refractivity contribution in [3.63, 3.8) is 0 Å². The number of allylic oxidation sites excluding steroid dienone is 2. The summed E-state index contributed by atoms with van der Waals surface area (Å²) in [7, 11) is 0. The van der Waals surface area contributed by atoms with E-state index in [1.165, 1.54) is 5.56 Å². The van der Waals surface area contributed by atoms with E-state index in [4.69, 9.17) is 0 Å². The molecule has 1 heterocycles. The Morgan fingerprint density at radius 1 is 1.22 bits per heavy atom. The van der Waals surface area contributed by atoms with Gasteiger partial charge in [0, 0.05) is 11.8 Å². The molecule has 0 saturated carbocycles. The maximum Gasteiger partial charge on any atom is 0.125 e. The quantitative estimate of drug-likeness (QED) is 0.754. The maximum absolute atomic E-state index is 4.47. The van der Waals surface area contributed by atoms with Crippen LogP contribution >= 0.6 is 0 Å². The molecule has 2 heteroatoms. The van der Waals surface area contributed by atoms with Gasteiger partial charge < -0.3 is 0 Å². The fourth-order valence-electron chi connectivity index (χ4n) is 1.81. The van der Waals surface area contributed by atoms with E-state index in [1.807, 2.05) is 31.3 Å². The Kier molecular flexibility index (Phi) is 3.68. The summed E-state index contributed by atoms with van der Waals surface area (Å²) in [6.07, 6.45) is 7.47. The molecule has 0 spiro atoms. The average molecular weight is 236 g/mol. The van der Waals surface area contributed by atoms with Crippen molar-refractivity contribution >= 4 is 6.08 Å². The monoisotopic (exact) mass is 236 g/mol. The van der Waals surface area contributed by atoms with Gasteiger partial charge in [0.05, 0.1) is 5.69 Å². The Hall–Kier alpha value is -2.22. The highest BCUT2D eigenvalue weighted by Gasteiger charge is 2.05. The van der Waals surface area contributed by atoms with Gasteiger partial charge in [-0.2, -0.15) is 0 Å². The number of benzene rings is 1. The van der Waals surface area contributed by atoms with Crippen molar-refractivity contribution in [2.75, 3.05) is 0 Å². The molecule has 90 valence electrons. The number of aryl methyl sites for hydroxylation is 2. The van der Waals surface area contributed by atoms with Crippen LogP contribution in [0.25, 0.3) is 17.2 Å². The number of hydrogen-bond acceptors (Lipinski definition) is 2. The molecule has 0 radical (unpaired) electrons. The van der Waals surface area contributed by atoms with Gasteiger partial charge in [-0.05, 0) is 25.5 Å². The van der Waals surface area contributed by atoms with E-state index in [-0.39, 0.29) is 0 Å². The van der Waals surface area contributed by atoms with Gasteiger partial charge in [0.1, 0.15) is 5.82 Å². The molecule has 0 fully saturated rings. The lowest BCUT2D eigenvalue weighted by molar-refractivity contribution is 1.04. The molecule has 0 N–H and O–H groups in total. The summed E-state index contributed by atoms with van der Waals surface area (Å²) < 4.78 is 0. The van der Waals surface area contributed by atoms with Crippen LogP contribution in [0.15, 0.2) is 49.2 Å². The lowest BCUT2D eigenvalue weighted by atomic mass is 10.0. The van der Waals surface area contributed by atoms with Crippen molar-refractivity contribution in [3.05, 3.63) is 66.3 Å². The molecule has 1 aromatic carbocycles. The van der Waals surface area contributed by atoms with Crippen molar-refractivity contribution in [2.45, 2.75) is 13.8 Å². The molecule has 0 aliphatic carbocycles. The molecular formula is C16H16N2. The van der Waals surface area contributed by atoms with Gasteiger partial charge in [0.25, 0.3) is 0 Å². The number of nitrogens with zero attached hydrogens (tertiary/aromatic N) is 2. The highest BCUT2D eigenvalue weighted by atomic mass is 14.9. The molecule has 0 unspecified atom stereocenters. The van der Waals surface area contributed by atoms with Crippen molar-refractivity contribution < 1.29 is 0 Å². The van der Waals surface area contributed by atoms with E-state index < -0.39 is 0 Å². The first kappa shape index (κ1) is 12.2. The molecule has 2 aromatic rings. The van der Waals surface area contributed by atoms with Crippen LogP contribution in [0.4, 0.5) is 0 Å². The van der Waals surface area contributed by atoms with Gasteiger partial charge in [-0.1, -0.05) is 48.6 Å². The van der Waals surface area contributed by atoms with Crippen molar-refractivity contribution in [1.29, 1.82) is 0 Å². The standard InChI is InChI=1S/C16H16N2/c1-4-5-9-16-15(11-17-13(3)18-16)14-8-6-7-12(2)10-14/h4-11H,1H2,2-3H3. The van der Waals surface area contributed by atoms with E-state index in [1.54, 1.807) is 6.08 Å². The van der Waals surface area contributed by atoms with Crippen molar-refractivity contribution in [3.8, 4) is 11.1 Å². The third-order valence-electron chi connectivity index (χ3n) is 2.66. The average Bonchev–Trinajstić information content (AvgIpc) is 2.36. The van der Waals surface area contributed by atoms with Gasteiger partial charge >= 0.3 is 0 Å². The van der Waals surface area contributed by atoms with E-state index in [2.05, 4.69) is 41.7 Å². The summed E-state index contributed by atoms with van der Waals surface area (Å²) in [5.74, 6) is 0.773. The van der Waals surface area contributed by atoms with Crippen LogP contribution in [0.1, 0.15) is 17.1 Å². The van der Waals surface area contributed by atoms with Gasteiger partial charge in [-0.15, -0.1) is 0 Å². The van der Waals surface area contributed by atoms with Gasteiger partial charge in [0.2, 0.25) is 0 Å². The molecule has 1 aromatic heterocycles. The fourth-order valence-corrected chi connectivity index (χ4v) is 1.81. The zero-order chi connectivity index (χ0) is 13.0. The topological polar surface area (TPSA) is 25.8 Å². The number of hydrogen-bond donors (Lipinski definition) is 0. The second-order valence-corrected chi connectivity index (χ2v) is 4.18. The van der Waals surface area contributed by atoms with Gasteiger partial charge in [-0.25, -0.2) is 9.97 Å². The predicted octanol–water partition coefficient (Wildman–Crippen LogP) is 3.96. The summed E-state index contributed by atoms with van der Waals surface area (Å²) in [4.78, 5) is 8.75. The lowest BCUT2D eigenvalue weighted by Gasteiger charge is -2.06. The molecule has 0 aliphatic heterocycles. The van der Waals surface area contributed by atoms with Crippen LogP contribution in [0, 0.1) is 13.8 Å². The van der Waals surface area contributed by atoms with E-state index in [9.17, 15) is 0 Å². The van der Waals surface area contributed by atoms with Crippen LogP contribution in [0.3, 0.4) is 0 Å². The van der Waals surface area contributed by atoms with Crippen LogP contribution in [-0.4, -0.2) is 9.97 Å². The van der Waals surface area contributed by atoms with Crippen molar-refractivity contribution in [2.24, 2.45) is 0 Å². The second-order valence-electron chi connectivity index (χ2n) is 4.18. The van der Waals surface area contributed by atoms with Gasteiger partial charge in [0.15, 0.2) is 0 Å². The Morgan fingerprint density at radius 2 is 2.06 bits per heavy atom. The molecule has 0 amide bonds. The van der Waals surface area contributed by atoms with E-state index in [0.29, 0.717) is 0 Å². The Bertz CT molecular complexity index is 598. The maximum atomic E-state index is 4.47. The molecule has 18 heavy (non-hydrogen) atoms. The van der Waals surface area contributed by atoms with Crippen LogP contribution in [0.5, 0.6) is 0 Å². The fraction of sp³-hybridized carbons (Fsp3) is 0.125. The Labute approximate surface area is 108 Å². The lowest BCUT2D eigenvalue weighted by Crippen LogP contribution is -1.94. The van der Waals surface area contributed by atoms with Crippen molar-refractivity contribution in [1.82, 2.24) is 9.97 Å². The first-order valence-corrected chi connectivity index (χ1v) is 5.90. The first-order chi connectivity index (χ1) is 8.70. The summed E-state index contributed by atoms with van der Waals surface area (Å²) in [5.41, 5.74) is 4.33. The van der Waals surface area contributed by atoms with Crippen LogP contribution in [-0.2, 0) is 0 Å². The summed E-state index contributed by atoms with van der Waals surface area (Å²) in [6, 6.07) is 8.34. The van der Waals surface area contributed by atoms with Crippen LogP contribution < -0.4 is 0 Å². The number of aromatic nitrogens is 2. The Morgan fingerprint density at radius 3 is 2.78 bits per heavy atom. The molecular weight excluding hydrogens is 220 g/mol. The third-order valence-corrected chi connectivity index (χ3v) is 2.66. The largest absolute Gasteiger partial charge is 0.241 e. The zero-order valence-electron chi connectivity index (χ0n) is 10.7. The van der Waals surface area contributed by atoms with Crippen LogP contribution in [0.2, 0.25) is 0 Å². The molecule has 0 aliphatic rings. The highest BCUT2D eigenvalue weighted by Crippen LogP contribution is 2.23. The molecule has 2 rings (SSSR count). The zero-order valence-corrected chi connectivity index (χ0v) is 10.7. The summed E-state index contributed by atoms with van der Waals surface area (Å²) in [5, 5.41) is 0. The summed E-state index contributed by atoms with van der Waals surface area (Å²) >= 11 is 0. The van der Waals surface area contributed by atoms with E-state index >= 15 is 0 Å².